The molecule has 2 unspecified atom stereocenters. The lowest BCUT2D eigenvalue weighted by Crippen LogP contribution is -2.64. The van der Waals surface area contributed by atoms with E-state index < -0.39 is 12.2 Å². The van der Waals surface area contributed by atoms with Crippen molar-refractivity contribution >= 4 is 11.9 Å². The fourth-order valence-corrected chi connectivity index (χ4v) is 8.11. The molecule has 38 heavy (non-hydrogen) atoms. The van der Waals surface area contributed by atoms with E-state index in [4.69, 9.17) is 9.47 Å². The van der Waals surface area contributed by atoms with Crippen molar-refractivity contribution in [1.29, 1.82) is 0 Å². The average molecular weight is 515 g/mol. The highest BCUT2D eigenvalue weighted by atomic mass is 16.6. The summed E-state index contributed by atoms with van der Waals surface area (Å²) >= 11 is 0. The molecule has 0 aromatic heterocycles. The normalized spacial score (nSPS) is 29.9. The van der Waals surface area contributed by atoms with Crippen molar-refractivity contribution in [2.24, 2.45) is 16.7 Å². The first kappa shape index (κ1) is 25.6. The van der Waals surface area contributed by atoms with Gasteiger partial charge in [-0.2, -0.15) is 0 Å². The lowest BCUT2D eigenvalue weighted by atomic mass is 9.48. The van der Waals surface area contributed by atoms with Gasteiger partial charge in [-0.05, 0) is 117 Å². The van der Waals surface area contributed by atoms with E-state index in [0.717, 1.165) is 75.3 Å². The minimum Gasteiger partial charge on any atom is -0.454 e. The molecule has 5 aliphatic carbocycles. The summed E-state index contributed by atoms with van der Waals surface area (Å²) < 4.78 is 13.1. The molecule has 5 aliphatic rings. The lowest BCUT2D eigenvalue weighted by molar-refractivity contribution is -0.210. The fourth-order valence-electron chi connectivity index (χ4n) is 8.11. The Bertz CT molecular complexity index is 1230. The van der Waals surface area contributed by atoms with Gasteiger partial charge >= 0.3 is 11.9 Å². The van der Waals surface area contributed by atoms with E-state index in [1.54, 1.807) is 0 Å². The minimum atomic E-state index is -0.442. The van der Waals surface area contributed by atoms with Crippen LogP contribution < -0.4 is 0 Å². The molecule has 2 bridgehead atoms. The molecule has 4 heteroatoms. The van der Waals surface area contributed by atoms with E-state index in [0.29, 0.717) is 17.0 Å². The van der Waals surface area contributed by atoms with Gasteiger partial charge in [0, 0.05) is 10.8 Å². The zero-order valence-corrected chi connectivity index (χ0v) is 23.3. The fraction of sp³-hybridized carbons (Fsp3) is 0.588. The standard InChI is InChI=1S/C34H42O4/c1-22(2)34-20-18-33(3,19-21-34)29(37-31(35)27-16-8-12-23-10-4-6-14-25(23)27)30(34)38-32(36)28-17-9-13-24-11-5-7-15-26(24)28/h8-9,12-13,16-17,22,29-30H,4-7,10-11,14-15,18-21H2,1-3H3. The van der Waals surface area contributed by atoms with Crippen molar-refractivity contribution in [1.82, 2.24) is 0 Å². The molecule has 202 valence electrons. The molecule has 4 nitrogen and oxygen atoms in total. The molecule has 0 heterocycles. The van der Waals surface area contributed by atoms with E-state index in [1.807, 2.05) is 24.3 Å². The average Bonchev–Trinajstić information content (AvgIpc) is 2.94. The summed E-state index contributed by atoms with van der Waals surface area (Å²) in [6.07, 6.45) is 11.6. The van der Waals surface area contributed by atoms with Crippen molar-refractivity contribution in [3.63, 3.8) is 0 Å². The van der Waals surface area contributed by atoms with E-state index in [9.17, 15) is 9.59 Å². The first-order valence-electron chi connectivity index (χ1n) is 15.0. The van der Waals surface area contributed by atoms with Crippen LogP contribution in [0.3, 0.4) is 0 Å². The number of carbonyl (C=O) groups is 2. The summed E-state index contributed by atoms with van der Waals surface area (Å²) in [6, 6.07) is 12.1. The Kier molecular flexibility index (Phi) is 6.64. The van der Waals surface area contributed by atoms with Gasteiger partial charge in [-0.25, -0.2) is 9.59 Å². The Morgan fingerprint density at radius 3 is 1.68 bits per heavy atom. The molecule has 0 amide bonds. The number of ether oxygens (including phenoxy) is 2. The van der Waals surface area contributed by atoms with Crippen LogP contribution in [0, 0.1) is 16.7 Å². The summed E-state index contributed by atoms with van der Waals surface area (Å²) in [7, 11) is 0. The SMILES string of the molecule is CC(C)C12CCC(C)(CC1)C(OC(=O)c1cccc3c1CCCC3)C2OC(=O)c1cccc2c1CCCC2. The smallest absolute Gasteiger partial charge is 0.338 e. The van der Waals surface area contributed by atoms with E-state index >= 15 is 0 Å². The van der Waals surface area contributed by atoms with Gasteiger partial charge in [-0.15, -0.1) is 0 Å². The monoisotopic (exact) mass is 514 g/mol. The number of hydrogen-bond donors (Lipinski definition) is 0. The van der Waals surface area contributed by atoms with Gasteiger partial charge < -0.3 is 9.47 Å². The Labute approximate surface area is 227 Å². The third-order valence-electron chi connectivity index (χ3n) is 10.7. The number of fused-ring (bicyclic) bond motifs is 5. The maximum absolute atomic E-state index is 13.9. The van der Waals surface area contributed by atoms with Gasteiger partial charge in [0.2, 0.25) is 0 Å². The molecule has 2 atom stereocenters. The van der Waals surface area contributed by atoms with Crippen LogP contribution in [0.1, 0.15) is 115 Å². The van der Waals surface area contributed by atoms with Gasteiger partial charge in [0.25, 0.3) is 0 Å². The number of aryl methyl sites for hydroxylation is 2. The first-order chi connectivity index (χ1) is 18.3. The van der Waals surface area contributed by atoms with Crippen LogP contribution in [0.25, 0.3) is 0 Å². The van der Waals surface area contributed by atoms with Crippen LogP contribution in [0.15, 0.2) is 36.4 Å². The molecule has 7 rings (SSSR count). The zero-order chi connectivity index (χ0) is 26.5. The largest absolute Gasteiger partial charge is 0.454 e. The number of esters is 2. The molecular formula is C34H42O4. The van der Waals surface area contributed by atoms with Crippen LogP contribution in [0.5, 0.6) is 0 Å². The maximum atomic E-state index is 13.9. The van der Waals surface area contributed by atoms with Crippen molar-refractivity contribution in [2.45, 2.75) is 110 Å². The van der Waals surface area contributed by atoms with Gasteiger partial charge in [-0.1, -0.05) is 45.0 Å². The van der Waals surface area contributed by atoms with Crippen LogP contribution >= 0.6 is 0 Å². The van der Waals surface area contributed by atoms with E-state index in [-0.39, 0.29) is 22.8 Å². The Morgan fingerprint density at radius 1 is 0.711 bits per heavy atom. The molecule has 0 aliphatic heterocycles. The van der Waals surface area contributed by atoms with Crippen LogP contribution in [-0.4, -0.2) is 24.1 Å². The predicted molar refractivity (Wildman–Crippen MR) is 148 cm³/mol. The lowest BCUT2D eigenvalue weighted by Gasteiger charge is -2.61. The second-order valence-electron chi connectivity index (χ2n) is 13.0. The van der Waals surface area contributed by atoms with Gasteiger partial charge in [0.1, 0.15) is 12.2 Å². The van der Waals surface area contributed by atoms with Crippen LogP contribution in [-0.2, 0) is 35.2 Å². The molecule has 3 saturated carbocycles. The van der Waals surface area contributed by atoms with Crippen molar-refractivity contribution in [3.8, 4) is 0 Å². The molecular weight excluding hydrogens is 472 g/mol. The third kappa shape index (κ3) is 4.19. The molecule has 0 N–H and O–H groups in total. The summed E-state index contributed by atoms with van der Waals surface area (Å²) in [4.78, 5) is 27.7. The van der Waals surface area contributed by atoms with Gasteiger partial charge in [-0.3, -0.25) is 0 Å². The number of rotatable bonds is 5. The summed E-state index contributed by atoms with van der Waals surface area (Å²) in [5, 5.41) is 0. The van der Waals surface area contributed by atoms with Crippen LogP contribution in [0.2, 0.25) is 0 Å². The molecule has 2 aromatic rings. The van der Waals surface area contributed by atoms with Gasteiger partial charge in [0.05, 0.1) is 11.1 Å². The highest BCUT2D eigenvalue weighted by Crippen LogP contribution is 2.61. The topological polar surface area (TPSA) is 52.6 Å². The minimum absolute atomic E-state index is 0.177. The zero-order valence-electron chi connectivity index (χ0n) is 23.3. The molecule has 0 radical (unpaired) electrons. The van der Waals surface area contributed by atoms with Crippen molar-refractivity contribution in [2.75, 3.05) is 0 Å². The molecule has 0 saturated heterocycles. The van der Waals surface area contributed by atoms with Crippen molar-refractivity contribution in [3.05, 3.63) is 69.8 Å². The quantitative estimate of drug-likeness (QED) is 0.389. The van der Waals surface area contributed by atoms with Crippen molar-refractivity contribution < 1.29 is 19.1 Å². The molecule has 0 spiro atoms. The Morgan fingerprint density at radius 2 is 1.18 bits per heavy atom. The van der Waals surface area contributed by atoms with E-state index in [2.05, 4.69) is 32.9 Å². The predicted octanol–water partition coefficient (Wildman–Crippen LogP) is 7.43. The van der Waals surface area contributed by atoms with Gasteiger partial charge in [0.15, 0.2) is 0 Å². The number of benzene rings is 2. The Balaban J connectivity index is 1.34. The van der Waals surface area contributed by atoms with E-state index in [1.165, 1.54) is 24.0 Å². The molecule has 2 aromatic carbocycles. The summed E-state index contributed by atoms with van der Waals surface area (Å²) in [5.74, 6) is -0.178. The number of hydrogen-bond acceptors (Lipinski definition) is 4. The second kappa shape index (κ2) is 9.84. The highest BCUT2D eigenvalue weighted by molar-refractivity contribution is 5.93. The maximum Gasteiger partial charge on any atom is 0.338 e. The first-order valence-corrected chi connectivity index (χ1v) is 15.0. The summed E-state index contributed by atoms with van der Waals surface area (Å²) in [5.41, 5.74) is 5.89. The second-order valence-corrected chi connectivity index (χ2v) is 13.0. The van der Waals surface area contributed by atoms with Crippen LogP contribution in [0.4, 0.5) is 0 Å². The third-order valence-corrected chi connectivity index (χ3v) is 10.7. The number of carbonyl (C=O) groups excluding carboxylic acids is 2. The summed E-state index contributed by atoms with van der Waals surface area (Å²) in [6.45, 7) is 6.72. The Hall–Kier alpha value is -2.62. The molecule has 3 fully saturated rings. The highest BCUT2D eigenvalue weighted by Gasteiger charge is 2.63.